The lowest BCUT2D eigenvalue weighted by Crippen LogP contribution is -1.98. The monoisotopic (exact) mass is 315 g/mol. The minimum atomic E-state index is 0.0139. The molecule has 1 aromatic carbocycles. The van der Waals surface area contributed by atoms with Crippen LogP contribution in [0.2, 0.25) is 0 Å². The Kier molecular flexibility index (Phi) is 6.16. The number of allylic oxidation sites excluding steroid dienone is 1. The summed E-state index contributed by atoms with van der Waals surface area (Å²) in [6.07, 6.45) is 2.55. The van der Waals surface area contributed by atoms with Crippen LogP contribution in [0, 0.1) is 34.0 Å². The highest BCUT2D eigenvalue weighted by atomic mass is 79.9. The average molecular weight is 316 g/mol. The van der Waals surface area contributed by atoms with Crippen molar-refractivity contribution >= 4 is 22.0 Å². The Hall–Kier alpha value is -2.29. The van der Waals surface area contributed by atoms with E-state index in [1.807, 2.05) is 24.3 Å². The van der Waals surface area contributed by atoms with Crippen molar-refractivity contribution in [2.75, 3.05) is 6.61 Å². The van der Waals surface area contributed by atoms with Crippen LogP contribution in [0.1, 0.15) is 18.4 Å². The summed E-state index contributed by atoms with van der Waals surface area (Å²) in [5.41, 5.74) is 0.671. The first-order valence-corrected chi connectivity index (χ1v) is 6.31. The lowest BCUT2D eigenvalue weighted by atomic mass is 10.1. The maximum atomic E-state index is 8.76. The van der Waals surface area contributed by atoms with Gasteiger partial charge in [0, 0.05) is 16.5 Å². The lowest BCUT2D eigenvalue weighted by Gasteiger charge is -2.08. The minimum absolute atomic E-state index is 0.0139. The van der Waals surface area contributed by atoms with Crippen LogP contribution in [0.25, 0.3) is 6.08 Å². The number of hydrogen-bond acceptors (Lipinski definition) is 4. The topological polar surface area (TPSA) is 80.6 Å². The minimum Gasteiger partial charge on any atom is -0.493 e. The summed E-state index contributed by atoms with van der Waals surface area (Å²) in [7, 11) is 0. The Morgan fingerprint density at radius 3 is 2.63 bits per heavy atom. The third kappa shape index (κ3) is 4.84. The van der Waals surface area contributed by atoms with Gasteiger partial charge in [0.25, 0.3) is 0 Å². The Balaban J connectivity index is 2.94. The molecule has 0 amide bonds. The molecule has 5 heteroatoms. The van der Waals surface area contributed by atoms with Crippen molar-refractivity contribution in [2.24, 2.45) is 0 Å². The molecular weight excluding hydrogens is 306 g/mol. The number of halogens is 1. The second kappa shape index (κ2) is 7.93. The molecule has 0 aromatic heterocycles. The highest BCUT2D eigenvalue weighted by Crippen LogP contribution is 2.25. The summed E-state index contributed by atoms with van der Waals surface area (Å²) in [6.45, 7) is 0.421. The van der Waals surface area contributed by atoms with Crippen molar-refractivity contribution in [3.05, 3.63) is 33.8 Å². The van der Waals surface area contributed by atoms with Crippen LogP contribution in [0.4, 0.5) is 0 Å². The van der Waals surface area contributed by atoms with Crippen LogP contribution in [0.3, 0.4) is 0 Å². The number of hydrogen-bond donors (Lipinski definition) is 0. The highest BCUT2D eigenvalue weighted by molar-refractivity contribution is 9.10. The van der Waals surface area contributed by atoms with Crippen LogP contribution in [0.15, 0.2) is 28.2 Å². The van der Waals surface area contributed by atoms with Gasteiger partial charge in [-0.2, -0.15) is 15.8 Å². The molecule has 0 radical (unpaired) electrons. The molecule has 0 aliphatic heterocycles. The van der Waals surface area contributed by atoms with Crippen LogP contribution in [0.5, 0.6) is 5.75 Å². The number of benzene rings is 1. The van der Waals surface area contributed by atoms with E-state index in [0.29, 0.717) is 30.8 Å². The molecule has 4 nitrogen and oxygen atoms in total. The van der Waals surface area contributed by atoms with Crippen molar-refractivity contribution in [3.8, 4) is 24.0 Å². The molecule has 0 bridgehead atoms. The number of unbranched alkanes of at least 4 members (excludes halogenated alkanes) is 1. The van der Waals surface area contributed by atoms with Crippen LogP contribution in [-0.2, 0) is 0 Å². The van der Waals surface area contributed by atoms with E-state index < -0.39 is 0 Å². The molecule has 0 saturated heterocycles. The smallest absolute Gasteiger partial charge is 0.130 e. The molecule has 1 aromatic rings. The van der Waals surface area contributed by atoms with E-state index in [-0.39, 0.29) is 5.57 Å². The zero-order valence-corrected chi connectivity index (χ0v) is 11.6. The van der Waals surface area contributed by atoms with E-state index in [9.17, 15) is 0 Å². The molecule has 0 aliphatic carbocycles. The van der Waals surface area contributed by atoms with E-state index in [1.165, 1.54) is 6.08 Å². The van der Waals surface area contributed by atoms with Crippen LogP contribution < -0.4 is 4.74 Å². The summed E-state index contributed by atoms with van der Waals surface area (Å²) in [5, 5.41) is 26.0. The van der Waals surface area contributed by atoms with Gasteiger partial charge in [0.1, 0.15) is 23.5 Å². The summed E-state index contributed by atoms with van der Waals surface area (Å²) in [5.74, 6) is 0.587. The van der Waals surface area contributed by atoms with Gasteiger partial charge in [-0.3, -0.25) is 0 Å². The van der Waals surface area contributed by atoms with Crippen molar-refractivity contribution in [3.63, 3.8) is 0 Å². The standard InChI is InChI=1S/C14H10BrN3O/c15-13-3-4-14(19-6-2-1-5-16)12(8-13)7-11(9-17)10-18/h3-4,7-8H,1-2,6H2. The maximum absolute atomic E-state index is 8.76. The van der Waals surface area contributed by atoms with Crippen molar-refractivity contribution in [2.45, 2.75) is 12.8 Å². The Labute approximate surface area is 120 Å². The summed E-state index contributed by atoms with van der Waals surface area (Å²) >= 11 is 3.33. The normalized spacial score (nSPS) is 8.74. The molecule has 0 saturated carbocycles. The third-order valence-electron chi connectivity index (χ3n) is 2.20. The second-order valence-corrected chi connectivity index (χ2v) is 4.49. The number of nitrogens with zero attached hydrogens (tertiary/aromatic N) is 3. The molecule has 0 heterocycles. The first-order chi connectivity index (χ1) is 9.21. The van der Waals surface area contributed by atoms with E-state index in [1.54, 1.807) is 12.1 Å². The molecule has 0 N–H and O–H groups in total. The zero-order chi connectivity index (χ0) is 14.1. The Morgan fingerprint density at radius 2 is 2.00 bits per heavy atom. The Morgan fingerprint density at radius 1 is 1.26 bits per heavy atom. The van der Waals surface area contributed by atoms with Gasteiger partial charge in [0.15, 0.2) is 0 Å². The maximum Gasteiger partial charge on any atom is 0.130 e. The third-order valence-corrected chi connectivity index (χ3v) is 2.70. The van der Waals surface area contributed by atoms with Gasteiger partial charge >= 0.3 is 0 Å². The molecule has 1 rings (SSSR count). The highest BCUT2D eigenvalue weighted by Gasteiger charge is 2.04. The predicted octanol–water partition coefficient (Wildman–Crippen LogP) is 3.56. The van der Waals surface area contributed by atoms with Crippen molar-refractivity contribution < 1.29 is 4.74 Å². The molecule has 0 fully saturated rings. The first kappa shape index (κ1) is 14.8. The van der Waals surface area contributed by atoms with E-state index in [0.717, 1.165) is 4.47 Å². The molecule has 94 valence electrons. The number of nitriles is 3. The molecule has 19 heavy (non-hydrogen) atoms. The van der Waals surface area contributed by atoms with Crippen molar-refractivity contribution in [1.29, 1.82) is 15.8 Å². The predicted molar refractivity (Wildman–Crippen MR) is 73.7 cm³/mol. The second-order valence-electron chi connectivity index (χ2n) is 3.57. The number of rotatable bonds is 5. The van der Waals surface area contributed by atoms with E-state index in [4.69, 9.17) is 20.5 Å². The fraction of sp³-hybridized carbons (Fsp3) is 0.214. The van der Waals surface area contributed by atoms with E-state index in [2.05, 4.69) is 15.9 Å². The molecule has 0 unspecified atom stereocenters. The first-order valence-electron chi connectivity index (χ1n) is 5.52. The van der Waals surface area contributed by atoms with Gasteiger partial charge in [0.05, 0.1) is 12.7 Å². The summed E-state index contributed by atoms with van der Waals surface area (Å²) in [4.78, 5) is 0. The van der Waals surface area contributed by atoms with Crippen LogP contribution >= 0.6 is 15.9 Å². The van der Waals surface area contributed by atoms with Gasteiger partial charge < -0.3 is 4.74 Å². The average Bonchev–Trinajstić information content (AvgIpc) is 2.42. The number of ether oxygens (including phenoxy) is 1. The van der Waals surface area contributed by atoms with Gasteiger partial charge in [-0.25, -0.2) is 0 Å². The molecular formula is C14H10BrN3O. The fourth-order valence-electron chi connectivity index (χ4n) is 1.34. The van der Waals surface area contributed by atoms with Gasteiger partial charge in [0.2, 0.25) is 0 Å². The van der Waals surface area contributed by atoms with Gasteiger partial charge in [-0.15, -0.1) is 0 Å². The van der Waals surface area contributed by atoms with Gasteiger partial charge in [-0.05, 0) is 30.7 Å². The summed E-state index contributed by atoms with van der Waals surface area (Å²) < 4.78 is 6.38. The van der Waals surface area contributed by atoms with Crippen molar-refractivity contribution in [1.82, 2.24) is 0 Å². The van der Waals surface area contributed by atoms with Crippen LogP contribution in [-0.4, -0.2) is 6.61 Å². The lowest BCUT2D eigenvalue weighted by molar-refractivity contribution is 0.312. The summed E-state index contributed by atoms with van der Waals surface area (Å²) in [6, 6.07) is 11.0. The molecule has 0 spiro atoms. The largest absolute Gasteiger partial charge is 0.493 e. The SMILES string of the molecule is N#CCCCOc1ccc(Br)cc1C=C(C#N)C#N. The van der Waals surface area contributed by atoms with E-state index >= 15 is 0 Å². The van der Waals surface area contributed by atoms with Gasteiger partial charge in [-0.1, -0.05) is 15.9 Å². The molecule has 0 aliphatic rings. The Bertz CT molecular complexity index is 587. The fourth-order valence-corrected chi connectivity index (χ4v) is 1.72. The zero-order valence-electron chi connectivity index (χ0n) is 10.1. The molecule has 0 atom stereocenters. The quantitative estimate of drug-likeness (QED) is 0.614.